The number of hydrazone groups is 1. The summed E-state index contributed by atoms with van der Waals surface area (Å²) in [6, 6.07) is 5.38. The van der Waals surface area contributed by atoms with Crippen molar-refractivity contribution in [3.05, 3.63) is 35.9 Å². The lowest BCUT2D eigenvalue weighted by Gasteiger charge is -2.37. The molecule has 1 saturated carbocycles. The first-order valence-corrected chi connectivity index (χ1v) is 9.05. The van der Waals surface area contributed by atoms with Crippen LogP contribution in [0.1, 0.15) is 25.3 Å². The van der Waals surface area contributed by atoms with E-state index in [9.17, 15) is 9.59 Å². The van der Waals surface area contributed by atoms with Crippen LogP contribution in [0.4, 0.5) is 0 Å². The molecule has 0 radical (unpaired) electrons. The van der Waals surface area contributed by atoms with E-state index in [0.717, 1.165) is 23.4 Å². The smallest absolute Gasteiger partial charge is 0.254 e. The Hall–Kier alpha value is -2.63. The number of hydrogen-bond donors (Lipinski definition) is 0. The van der Waals surface area contributed by atoms with Crippen molar-refractivity contribution in [2.24, 2.45) is 28.8 Å². The molecule has 6 nitrogen and oxygen atoms in total. The fourth-order valence-electron chi connectivity index (χ4n) is 4.34. The zero-order valence-electron chi connectivity index (χ0n) is 14.9. The number of ether oxygens (including phenoxy) is 2. The van der Waals surface area contributed by atoms with Gasteiger partial charge in [-0.3, -0.25) is 9.59 Å². The van der Waals surface area contributed by atoms with Crippen LogP contribution in [0.5, 0.6) is 11.5 Å². The Labute approximate surface area is 152 Å². The molecule has 4 atom stereocenters. The van der Waals surface area contributed by atoms with Gasteiger partial charge >= 0.3 is 0 Å². The summed E-state index contributed by atoms with van der Waals surface area (Å²) in [4.78, 5) is 25.5. The second kappa shape index (κ2) is 6.59. The molecule has 0 spiro atoms. The van der Waals surface area contributed by atoms with Crippen molar-refractivity contribution in [1.29, 1.82) is 0 Å². The summed E-state index contributed by atoms with van der Waals surface area (Å²) in [6.07, 6.45) is 7.70. The number of amides is 2. The molecular formula is C20H22N2O4. The van der Waals surface area contributed by atoms with Gasteiger partial charge in [-0.05, 0) is 55.4 Å². The summed E-state index contributed by atoms with van der Waals surface area (Å²) in [5.74, 6) is 0.763. The van der Waals surface area contributed by atoms with E-state index in [1.807, 2.05) is 13.0 Å². The third kappa shape index (κ3) is 2.60. The monoisotopic (exact) mass is 354 g/mol. The average molecular weight is 354 g/mol. The predicted octanol–water partition coefficient (Wildman–Crippen LogP) is 2.63. The van der Waals surface area contributed by atoms with E-state index in [4.69, 9.17) is 9.47 Å². The fourth-order valence-corrected chi connectivity index (χ4v) is 4.34. The molecule has 3 aliphatic carbocycles. The summed E-state index contributed by atoms with van der Waals surface area (Å²) in [5, 5.41) is 5.29. The zero-order valence-corrected chi connectivity index (χ0v) is 14.9. The van der Waals surface area contributed by atoms with Crippen molar-refractivity contribution in [3.8, 4) is 11.5 Å². The average Bonchev–Trinajstić information content (AvgIpc) is 2.94. The zero-order chi connectivity index (χ0) is 18.3. The third-order valence-electron chi connectivity index (χ3n) is 5.55. The van der Waals surface area contributed by atoms with Crippen molar-refractivity contribution >= 4 is 18.0 Å². The highest BCUT2D eigenvalue weighted by Crippen LogP contribution is 2.49. The molecule has 0 unspecified atom stereocenters. The topological polar surface area (TPSA) is 68.2 Å². The highest BCUT2D eigenvalue weighted by Gasteiger charge is 2.56. The van der Waals surface area contributed by atoms with Crippen LogP contribution >= 0.6 is 0 Å². The van der Waals surface area contributed by atoms with Gasteiger partial charge in [0.1, 0.15) is 0 Å². The highest BCUT2D eigenvalue weighted by molar-refractivity contribution is 6.06. The number of hydrogen-bond acceptors (Lipinski definition) is 5. The van der Waals surface area contributed by atoms with Crippen LogP contribution in [-0.2, 0) is 9.59 Å². The predicted molar refractivity (Wildman–Crippen MR) is 95.9 cm³/mol. The lowest BCUT2D eigenvalue weighted by molar-refractivity contribution is -0.140. The molecule has 1 saturated heterocycles. The van der Waals surface area contributed by atoms with Gasteiger partial charge in [-0.25, -0.2) is 0 Å². The van der Waals surface area contributed by atoms with Gasteiger partial charge in [0.25, 0.3) is 11.8 Å². The highest BCUT2D eigenvalue weighted by atomic mass is 16.5. The second-order valence-electron chi connectivity index (χ2n) is 6.92. The van der Waals surface area contributed by atoms with Gasteiger partial charge in [0.15, 0.2) is 11.5 Å². The van der Waals surface area contributed by atoms with E-state index in [-0.39, 0.29) is 35.5 Å². The van der Waals surface area contributed by atoms with Crippen molar-refractivity contribution in [2.75, 3.05) is 13.7 Å². The minimum Gasteiger partial charge on any atom is -0.493 e. The van der Waals surface area contributed by atoms with Crippen LogP contribution in [0.2, 0.25) is 0 Å². The molecule has 2 bridgehead atoms. The largest absolute Gasteiger partial charge is 0.493 e. The minimum atomic E-state index is -0.238. The van der Waals surface area contributed by atoms with Gasteiger partial charge in [-0.1, -0.05) is 12.2 Å². The Bertz CT molecular complexity index is 769. The van der Waals surface area contributed by atoms with E-state index < -0.39 is 0 Å². The van der Waals surface area contributed by atoms with Crippen LogP contribution in [0.25, 0.3) is 0 Å². The van der Waals surface area contributed by atoms with E-state index in [1.165, 1.54) is 6.21 Å². The molecule has 0 aromatic heterocycles. The number of rotatable bonds is 5. The molecule has 0 N–H and O–H groups in total. The molecule has 2 fully saturated rings. The molecular weight excluding hydrogens is 332 g/mol. The van der Waals surface area contributed by atoms with Gasteiger partial charge in [0, 0.05) is 0 Å². The number of nitrogens with zero attached hydrogens (tertiary/aromatic N) is 2. The van der Waals surface area contributed by atoms with E-state index in [2.05, 4.69) is 17.3 Å². The van der Waals surface area contributed by atoms with Crippen molar-refractivity contribution in [1.82, 2.24) is 5.01 Å². The van der Waals surface area contributed by atoms with Gasteiger partial charge < -0.3 is 9.47 Å². The van der Waals surface area contributed by atoms with Crippen LogP contribution in [0, 0.1) is 23.7 Å². The molecule has 4 aliphatic rings. The number of allylic oxidation sites excluding steroid dienone is 2. The van der Waals surface area contributed by atoms with Crippen molar-refractivity contribution in [3.63, 3.8) is 0 Å². The number of methoxy groups -OCH3 is 1. The third-order valence-corrected chi connectivity index (χ3v) is 5.55. The molecule has 1 aromatic rings. The number of imide groups is 1. The van der Waals surface area contributed by atoms with Gasteiger partial charge in [0.2, 0.25) is 0 Å². The molecule has 2 amide bonds. The van der Waals surface area contributed by atoms with E-state index in [0.29, 0.717) is 18.1 Å². The number of carbonyl (C=O) groups excluding carboxylic acids is 2. The Morgan fingerprint density at radius 1 is 1.12 bits per heavy atom. The fraction of sp³-hybridized carbons (Fsp3) is 0.450. The lowest BCUT2D eigenvalue weighted by Crippen LogP contribution is -2.38. The van der Waals surface area contributed by atoms with Crippen LogP contribution < -0.4 is 9.47 Å². The molecule has 136 valence electrons. The Morgan fingerprint density at radius 3 is 2.31 bits per heavy atom. The Balaban J connectivity index is 1.57. The number of fused-ring (bicyclic) bond motifs is 1. The normalized spacial score (nSPS) is 29.5. The molecule has 1 heterocycles. The van der Waals surface area contributed by atoms with E-state index >= 15 is 0 Å². The molecule has 6 heteroatoms. The molecule has 5 rings (SSSR count). The summed E-state index contributed by atoms with van der Waals surface area (Å²) >= 11 is 0. The first-order chi connectivity index (χ1) is 12.6. The van der Waals surface area contributed by atoms with Gasteiger partial charge in [-0.2, -0.15) is 10.1 Å². The quantitative estimate of drug-likeness (QED) is 0.463. The summed E-state index contributed by atoms with van der Waals surface area (Å²) in [7, 11) is 1.58. The maximum Gasteiger partial charge on any atom is 0.254 e. The van der Waals surface area contributed by atoms with Gasteiger partial charge in [-0.15, -0.1) is 0 Å². The Kier molecular flexibility index (Phi) is 4.26. The summed E-state index contributed by atoms with van der Waals surface area (Å²) < 4.78 is 10.8. The minimum absolute atomic E-state index is 0.172. The van der Waals surface area contributed by atoms with Gasteiger partial charge in [0.05, 0.1) is 31.8 Å². The first kappa shape index (κ1) is 16.8. The Morgan fingerprint density at radius 2 is 1.77 bits per heavy atom. The van der Waals surface area contributed by atoms with Crippen molar-refractivity contribution < 1.29 is 19.1 Å². The summed E-state index contributed by atoms with van der Waals surface area (Å²) in [5.41, 5.74) is 0.741. The number of benzene rings is 1. The van der Waals surface area contributed by atoms with Crippen LogP contribution in [0.15, 0.2) is 35.5 Å². The lowest BCUT2D eigenvalue weighted by atomic mass is 9.63. The molecule has 1 aromatic carbocycles. The maximum absolute atomic E-state index is 12.7. The summed E-state index contributed by atoms with van der Waals surface area (Å²) in [6.45, 7) is 2.41. The van der Waals surface area contributed by atoms with Crippen LogP contribution in [-0.4, -0.2) is 36.8 Å². The first-order valence-electron chi connectivity index (χ1n) is 9.05. The SMILES string of the molecule is CCOc1cc(/C=N\N2C(=O)[C@@H]3[C@@H](C2=O)[C@H]2C=C[C@H]3CC2)ccc1OC. The van der Waals surface area contributed by atoms with E-state index in [1.54, 1.807) is 19.2 Å². The van der Waals surface area contributed by atoms with Crippen LogP contribution in [0.3, 0.4) is 0 Å². The number of carbonyl (C=O) groups is 2. The molecule has 1 aliphatic heterocycles. The van der Waals surface area contributed by atoms with Crippen molar-refractivity contribution in [2.45, 2.75) is 19.8 Å². The standard InChI is InChI=1S/C20H22N2O4/c1-3-26-16-10-12(4-9-15(16)25-2)11-21-22-19(23)17-13-5-6-14(8-7-13)18(17)20(22)24/h4-6,9-11,13-14,17-18H,3,7-8H2,1-2H3/b21-11-/t13-,14-,17-,18-/m0/s1. The maximum atomic E-state index is 12.7. The molecule has 26 heavy (non-hydrogen) atoms. The second-order valence-corrected chi connectivity index (χ2v) is 6.92.